The average Bonchev–Trinajstić information content (AvgIpc) is 2.38. The molecule has 0 aliphatic heterocycles. The van der Waals surface area contributed by atoms with Crippen molar-refractivity contribution in [3.63, 3.8) is 0 Å². The van der Waals surface area contributed by atoms with Gasteiger partial charge in [-0.25, -0.2) is 4.79 Å². The summed E-state index contributed by atoms with van der Waals surface area (Å²) in [5.74, 6) is 0. The number of rotatable bonds is 3. The quantitative estimate of drug-likeness (QED) is 0.871. The van der Waals surface area contributed by atoms with Gasteiger partial charge in [-0.2, -0.15) is 8.42 Å². The molecule has 2 rings (SSSR count). The lowest BCUT2D eigenvalue weighted by Crippen LogP contribution is -2.18. The molecule has 98 valence electrons. The van der Waals surface area contributed by atoms with Crippen molar-refractivity contribution in [1.29, 1.82) is 0 Å². The van der Waals surface area contributed by atoms with Gasteiger partial charge in [0.05, 0.1) is 0 Å². The van der Waals surface area contributed by atoms with E-state index < -0.39 is 16.2 Å². The summed E-state index contributed by atoms with van der Waals surface area (Å²) in [5, 5.41) is 0. The number of benzene rings is 2. The number of carbonyl (C=O) groups is 1. The lowest BCUT2D eigenvalue weighted by atomic mass is 10.1. The van der Waals surface area contributed by atoms with Gasteiger partial charge in [-0.3, -0.25) is 0 Å². The summed E-state index contributed by atoms with van der Waals surface area (Å²) in [4.78, 5) is 10.4. The third kappa shape index (κ3) is 3.11. The van der Waals surface area contributed by atoms with E-state index in [0.29, 0.717) is 5.56 Å². The van der Waals surface area contributed by atoms with E-state index in [1.165, 1.54) is 12.1 Å². The molecule has 0 aliphatic carbocycles. The fourth-order valence-electron chi connectivity index (χ4n) is 1.62. The van der Waals surface area contributed by atoms with Gasteiger partial charge in [0.1, 0.15) is 4.90 Å². The Labute approximate surface area is 110 Å². The molecule has 0 radical (unpaired) electrons. The van der Waals surface area contributed by atoms with Crippen molar-refractivity contribution < 1.29 is 17.4 Å². The molecule has 1 amide bonds. The molecule has 0 aliphatic rings. The minimum absolute atomic E-state index is 0.118. The zero-order chi connectivity index (χ0) is 13.9. The van der Waals surface area contributed by atoms with Crippen LogP contribution in [-0.2, 0) is 14.3 Å². The minimum Gasteiger partial charge on any atom is -0.334 e. The molecular formula is C13H11NO4S. The van der Waals surface area contributed by atoms with Gasteiger partial charge in [0.2, 0.25) is 0 Å². The van der Waals surface area contributed by atoms with Gasteiger partial charge in [-0.15, -0.1) is 0 Å². The van der Waals surface area contributed by atoms with Crippen LogP contribution in [0, 0.1) is 0 Å². The summed E-state index contributed by atoms with van der Waals surface area (Å²) in [7, 11) is -4.16. The maximum atomic E-state index is 11.7. The molecule has 19 heavy (non-hydrogen) atoms. The van der Waals surface area contributed by atoms with Gasteiger partial charge in [-0.05, 0) is 23.3 Å². The van der Waals surface area contributed by atoms with Crippen molar-refractivity contribution >= 4 is 16.2 Å². The second-order valence-corrected chi connectivity index (χ2v) is 5.30. The molecule has 0 aromatic heterocycles. The normalized spacial score (nSPS) is 10.9. The van der Waals surface area contributed by atoms with Crippen molar-refractivity contribution in [2.24, 2.45) is 5.73 Å². The molecule has 2 aromatic rings. The topological polar surface area (TPSA) is 86.5 Å². The highest BCUT2D eigenvalue weighted by Gasteiger charge is 2.18. The molecule has 0 saturated heterocycles. The van der Waals surface area contributed by atoms with Gasteiger partial charge < -0.3 is 9.92 Å². The molecule has 0 fully saturated rings. The maximum Gasteiger partial charge on any atom is 0.420 e. The number of carbonyl (C=O) groups excluding carboxylic acids is 1. The Morgan fingerprint density at radius 2 is 1.58 bits per heavy atom. The van der Waals surface area contributed by atoms with Crippen molar-refractivity contribution in [3.8, 4) is 11.1 Å². The monoisotopic (exact) mass is 277 g/mol. The van der Waals surface area contributed by atoms with E-state index in [1.807, 2.05) is 30.3 Å². The number of primary amides is 1. The lowest BCUT2D eigenvalue weighted by molar-refractivity contribution is 0.212. The molecule has 0 unspecified atom stereocenters. The Bertz CT molecular complexity index is 696. The third-order valence-corrected chi connectivity index (χ3v) is 3.64. The van der Waals surface area contributed by atoms with Gasteiger partial charge in [0.25, 0.3) is 0 Å². The van der Waals surface area contributed by atoms with Crippen LogP contribution in [0.4, 0.5) is 4.79 Å². The summed E-state index contributed by atoms with van der Waals surface area (Å²) in [6.45, 7) is 0. The molecule has 5 nitrogen and oxygen atoms in total. The van der Waals surface area contributed by atoms with Crippen molar-refractivity contribution in [3.05, 3.63) is 54.6 Å². The second kappa shape index (κ2) is 5.11. The summed E-state index contributed by atoms with van der Waals surface area (Å²) in [5.41, 5.74) is 6.29. The van der Waals surface area contributed by atoms with Crippen LogP contribution in [0.5, 0.6) is 0 Å². The largest absolute Gasteiger partial charge is 0.420 e. The van der Waals surface area contributed by atoms with Crippen LogP contribution >= 0.6 is 0 Å². The van der Waals surface area contributed by atoms with E-state index in [-0.39, 0.29) is 4.90 Å². The zero-order valence-corrected chi connectivity index (χ0v) is 10.6. The molecule has 2 aromatic carbocycles. The Balaban J connectivity index is 2.43. The van der Waals surface area contributed by atoms with Crippen molar-refractivity contribution in [2.75, 3.05) is 0 Å². The molecule has 0 heterocycles. The summed E-state index contributed by atoms with van der Waals surface area (Å²) >= 11 is 0. The smallest absolute Gasteiger partial charge is 0.334 e. The summed E-state index contributed by atoms with van der Waals surface area (Å²) in [6.07, 6.45) is -1.36. The highest BCUT2D eigenvalue weighted by molar-refractivity contribution is 7.87. The van der Waals surface area contributed by atoms with Crippen LogP contribution < -0.4 is 5.73 Å². The van der Waals surface area contributed by atoms with Crippen LogP contribution in [-0.4, -0.2) is 14.5 Å². The average molecular weight is 277 g/mol. The van der Waals surface area contributed by atoms with Gasteiger partial charge >= 0.3 is 16.2 Å². The number of hydrogen-bond donors (Lipinski definition) is 1. The first kappa shape index (κ1) is 13.1. The Kier molecular flexibility index (Phi) is 3.52. The number of amides is 1. The molecule has 0 bridgehead atoms. The van der Waals surface area contributed by atoms with Gasteiger partial charge in [0.15, 0.2) is 0 Å². The van der Waals surface area contributed by atoms with E-state index in [0.717, 1.165) is 5.56 Å². The standard InChI is InChI=1S/C13H11NO4S/c14-13(15)18-19(16,17)12-8-4-7-11(9-12)10-5-2-1-3-6-10/h1-9H,(H2,14,15). The molecule has 0 saturated carbocycles. The maximum absolute atomic E-state index is 11.7. The first-order valence-corrected chi connectivity index (χ1v) is 6.79. The van der Waals surface area contributed by atoms with E-state index >= 15 is 0 Å². The lowest BCUT2D eigenvalue weighted by Gasteiger charge is -2.06. The fourth-order valence-corrected chi connectivity index (χ4v) is 2.45. The minimum atomic E-state index is -4.16. The van der Waals surface area contributed by atoms with Crippen LogP contribution in [0.25, 0.3) is 11.1 Å². The van der Waals surface area contributed by atoms with E-state index in [4.69, 9.17) is 5.73 Å². The van der Waals surface area contributed by atoms with Crippen molar-refractivity contribution in [1.82, 2.24) is 0 Å². The van der Waals surface area contributed by atoms with Crippen LogP contribution in [0.15, 0.2) is 59.5 Å². The van der Waals surface area contributed by atoms with Gasteiger partial charge in [0, 0.05) is 0 Å². The molecule has 0 atom stereocenters. The fraction of sp³-hybridized carbons (Fsp3) is 0. The summed E-state index contributed by atoms with van der Waals surface area (Å²) < 4.78 is 27.5. The van der Waals surface area contributed by atoms with Crippen LogP contribution in [0.3, 0.4) is 0 Å². The number of nitrogens with two attached hydrogens (primary N) is 1. The SMILES string of the molecule is NC(=O)OS(=O)(=O)c1cccc(-c2ccccc2)c1. The summed E-state index contributed by atoms with van der Waals surface area (Å²) in [6, 6.07) is 15.3. The third-order valence-electron chi connectivity index (χ3n) is 2.42. The molecular weight excluding hydrogens is 266 g/mol. The highest BCUT2D eigenvalue weighted by atomic mass is 32.2. The predicted octanol–water partition coefficient (Wildman–Crippen LogP) is 2.14. The van der Waals surface area contributed by atoms with Gasteiger partial charge in [-0.1, -0.05) is 42.5 Å². The Hall–Kier alpha value is -2.34. The van der Waals surface area contributed by atoms with E-state index in [9.17, 15) is 13.2 Å². The van der Waals surface area contributed by atoms with E-state index in [2.05, 4.69) is 4.18 Å². The molecule has 0 spiro atoms. The second-order valence-electron chi connectivity index (χ2n) is 3.75. The highest BCUT2D eigenvalue weighted by Crippen LogP contribution is 2.23. The van der Waals surface area contributed by atoms with Crippen LogP contribution in [0.1, 0.15) is 0 Å². The first-order chi connectivity index (χ1) is 8.99. The Morgan fingerprint density at radius 1 is 0.947 bits per heavy atom. The Morgan fingerprint density at radius 3 is 2.21 bits per heavy atom. The molecule has 6 heteroatoms. The van der Waals surface area contributed by atoms with E-state index in [1.54, 1.807) is 12.1 Å². The molecule has 2 N–H and O–H groups in total. The predicted molar refractivity (Wildman–Crippen MR) is 69.7 cm³/mol. The van der Waals surface area contributed by atoms with Crippen LogP contribution in [0.2, 0.25) is 0 Å². The first-order valence-electron chi connectivity index (χ1n) is 5.38. The zero-order valence-electron chi connectivity index (χ0n) is 9.81. The number of hydrogen-bond acceptors (Lipinski definition) is 4. The van der Waals surface area contributed by atoms with Crippen molar-refractivity contribution in [2.45, 2.75) is 4.90 Å².